The van der Waals surface area contributed by atoms with Crippen molar-refractivity contribution >= 4 is 29.1 Å². The van der Waals surface area contributed by atoms with Crippen LogP contribution in [0.25, 0.3) is 0 Å². The molecule has 2 bridgehead atoms. The van der Waals surface area contributed by atoms with Crippen LogP contribution in [0.15, 0.2) is 18.2 Å². The number of aromatic nitrogens is 2. The highest BCUT2D eigenvalue weighted by Gasteiger charge is 2.43. The smallest absolute Gasteiger partial charge is 0.399 e. The summed E-state index contributed by atoms with van der Waals surface area (Å²) < 4.78 is 39.6. The van der Waals surface area contributed by atoms with Gasteiger partial charge >= 0.3 is 12.2 Å². The van der Waals surface area contributed by atoms with E-state index in [1.54, 1.807) is 11.8 Å². The van der Waals surface area contributed by atoms with Gasteiger partial charge in [0.2, 0.25) is 5.28 Å². The summed E-state index contributed by atoms with van der Waals surface area (Å²) in [6.07, 6.45) is -3.54. The van der Waals surface area contributed by atoms with Crippen LogP contribution < -0.4 is 16.4 Å². The monoisotopic (exact) mass is 481 g/mol. The number of alkyl halides is 3. The Kier molecular flexibility index (Phi) is 5.28. The topological polar surface area (TPSA) is 99.4 Å². The molecule has 12 heteroatoms. The first kappa shape index (κ1) is 22.0. The normalized spacial score (nSPS) is 22.6. The summed E-state index contributed by atoms with van der Waals surface area (Å²) in [5.74, 6) is 0.397. The van der Waals surface area contributed by atoms with Crippen LogP contribution in [0.5, 0.6) is 0 Å². The van der Waals surface area contributed by atoms with Crippen LogP contribution in [-0.2, 0) is 19.3 Å². The molecule has 0 unspecified atom stereocenters. The van der Waals surface area contributed by atoms with Gasteiger partial charge in [0.15, 0.2) is 0 Å². The SMILES string of the molecule is C[C@@H](Nc1nc(Cl)nc2c1CN(C(=O)N1C[C@H]3C[C@@H]1CN3)C2)c1cc(N)cc(C(F)(F)F)c1. The molecule has 176 valence electrons. The number of piperazine rings is 1. The van der Waals surface area contributed by atoms with Crippen molar-refractivity contribution < 1.29 is 18.0 Å². The summed E-state index contributed by atoms with van der Waals surface area (Å²) in [6.45, 7) is 3.79. The van der Waals surface area contributed by atoms with Gasteiger partial charge in [-0.1, -0.05) is 0 Å². The average Bonchev–Trinajstić information content (AvgIpc) is 3.47. The van der Waals surface area contributed by atoms with Crippen LogP contribution in [0.4, 0.5) is 29.5 Å². The van der Waals surface area contributed by atoms with Crippen molar-refractivity contribution in [3.8, 4) is 0 Å². The molecular formula is C21H23ClF3N7O. The van der Waals surface area contributed by atoms with Crippen molar-refractivity contribution in [2.75, 3.05) is 24.1 Å². The Balaban J connectivity index is 1.36. The van der Waals surface area contributed by atoms with E-state index in [2.05, 4.69) is 20.6 Å². The maximum absolute atomic E-state index is 13.2. The summed E-state index contributed by atoms with van der Waals surface area (Å²) >= 11 is 6.12. The molecule has 2 fully saturated rings. The van der Waals surface area contributed by atoms with Crippen LogP contribution in [0, 0.1) is 0 Å². The van der Waals surface area contributed by atoms with Crippen LogP contribution in [0.3, 0.4) is 0 Å². The highest BCUT2D eigenvalue weighted by Crippen LogP contribution is 2.35. The lowest BCUT2D eigenvalue weighted by Crippen LogP contribution is -2.50. The molecule has 2 saturated heterocycles. The number of carbonyl (C=O) groups excluding carboxylic acids is 1. The lowest BCUT2D eigenvalue weighted by Gasteiger charge is -2.31. The number of nitrogen functional groups attached to an aromatic ring is 1. The minimum atomic E-state index is -4.51. The molecule has 0 spiro atoms. The molecule has 3 aliphatic heterocycles. The number of nitrogens with one attached hydrogen (secondary N) is 2. The van der Waals surface area contributed by atoms with Gasteiger partial charge in [0, 0.05) is 36.4 Å². The second kappa shape index (κ2) is 7.91. The zero-order valence-corrected chi connectivity index (χ0v) is 18.5. The fourth-order valence-corrected chi connectivity index (χ4v) is 5.02. The number of urea groups is 1. The molecule has 1 aromatic carbocycles. The zero-order valence-electron chi connectivity index (χ0n) is 17.8. The Labute approximate surface area is 193 Å². The number of amides is 2. The van der Waals surface area contributed by atoms with Crippen LogP contribution in [0.2, 0.25) is 5.28 Å². The summed E-state index contributed by atoms with van der Waals surface area (Å²) in [5.41, 5.74) is 6.61. The molecule has 0 aliphatic carbocycles. The van der Waals surface area contributed by atoms with Crippen molar-refractivity contribution in [3.05, 3.63) is 45.9 Å². The number of benzene rings is 1. The second-order valence-corrected chi connectivity index (χ2v) is 9.14. The molecule has 4 heterocycles. The van der Waals surface area contributed by atoms with Gasteiger partial charge in [0.05, 0.1) is 30.4 Å². The summed E-state index contributed by atoms with van der Waals surface area (Å²) in [4.78, 5) is 25.3. The van der Waals surface area contributed by atoms with Crippen LogP contribution in [0.1, 0.15) is 41.8 Å². The van der Waals surface area contributed by atoms with E-state index in [1.807, 2.05) is 4.90 Å². The number of likely N-dealkylation sites (tertiary alicyclic amines) is 1. The first-order valence-corrected chi connectivity index (χ1v) is 11.0. The van der Waals surface area contributed by atoms with Gasteiger partial charge in [0.25, 0.3) is 0 Å². The molecule has 0 radical (unpaired) electrons. The Morgan fingerprint density at radius 3 is 2.76 bits per heavy atom. The number of fused-ring (bicyclic) bond motifs is 3. The Morgan fingerprint density at radius 2 is 2.09 bits per heavy atom. The fourth-order valence-electron chi connectivity index (χ4n) is 4.83. The third-order valence-electron chi connectivity index (χ3n) is 6.49. The average molecular weight is 482 g/mol. The summed E-state index contributed by atoms with van der Waals surface area (Å²) in [6, 6.07) is 3.39. The van der Waals surface area contributed by atoms with E-state index in [0.29, 0.717) is 48.3 Å². The Morgan fingerprint density at radius 1 is 1.30 bits per heavy atom. The largest absolute Gasteiger partial charge is 0.416 e. The number of rotatable bonds is 3. The predicted octanol–water partition coefficient (Wildman–Crippen LogP) is 3.39. The van der Waals surface area contributed by atoms with E-state index < -0.39 is 17.8 Å². The maximum Gasteiger partial charge on any atom is 0.416 e. The molecule has 5 rings (SSSR count). The predicted molar refractivity (Wildman–Crippen MR) is 116 cm³/mol. The van der Waals surface area contributed by atoms with Gasteiger partial charge < -0.3 is 26.2 Å². The third kappa shape index (κ3) is 4.15. The number of halogens is 4. The lowest BCUT2D eigenvalue weighted by molar-refractivity contribution is -0.137. The number of carbonyl (C=O) groups is 1. The standard InChI is InChI=1S/C21H23ClF3N7O/c1-10(11-2-12(21(23,24)25)4-13(26)3-11)28-18-16-8-31(9-17(16)29-19(22)30-18)20(33)32-7-14-5-15(32)6-27-14/h2-4,10,14-15,27H,5-9,26H2,1H3,(H,28,29,30)/t10-,14-,15-/m1/s1. The zero-order chi connectivity index (χ0) is 23.5. The molecule has 2 aromatic rings. The first-order valence-electron chi connectivity index (χ1n) is 10.7. The van der Waals surface area contributed by atoms with Crippen LogP contribution in [-0.4, -0.2) is 51.0 Å². The summed E-state index contributed by atoms with van der Waals surface area (Å²) in [5, 5.41) is 6.52. The molecule has 1 aromatic heterocycles. The minimum absolute atomic E-state index is 0.00531. The highest BCUT2D eigenvalue weighted by molar-refractivity contribution is 6.28. The van der Waals surface area contributed by atoms with Crippen molar-refractivity contribution in [2.24, 2.45) is 0 Å². The quantitative estimate of drug-likeness (QED) is 0.459. The van der Waals surface area contributed by atoms with E-state index >= 15 is 0 Å². The minimum Gasteiger partial charge on any atom is -0.399 e. The van der Waals surface area contributed by atoms with Crippen molar-refractivity contribution in [3.63, 3.8) is 0 Å². The van der Waals surface area contributed by atoms with E-state index in [1.165, 1.54) is 6.07 Å². The molecule has 33 heavy (non-hydrogen) atoms. The van der Waals surface area contributed by atoms with Gasteiger partial charge in [-0.3, -0.25) is 0 Å². The fraction of sp³-hybridized carbons (Fsp3) is 0.476. The van der Waals surface area contributed by atoms with Crippen molar-refractivity contribution in [1.29, 1.82) is 0 Å². The summed E-state index contributed by atoms with van der Waals surface area (Å²) in [7, 11) is 0. The number of hydrogen-bond acceptors (Lipinski definition) is 6. The van der Waals surface area contributed by atoms with Crippen LogP contribution >= 0.6 is 11.6 Å². The van der Waals surface area contributed by atoms with E-state index in [-0.39, 0.29) is 23.0 Å². The van der Waals surface area contributed by atoms with Gasteiger partial charge in [-0.15, -0.1) is 0 Å². The van der Waals surface area contributed by atoms with E-state index in [9.17, 15) is 18.0 Å². The lowest BCUT2D eigenvalue weighted by atomic mass is 10.0. The van der Waals surface area contributed by atoms with Gasteiger partial charge in [0.1, 0.15) is 5.82 Å². The molecule has 0 saturated carbocycles. The number of anilines is 2. The molecule has 4 N–H and O–H groups in total. The molecular weight excluding hydrogens is 459 g/mol. The molecule has 3 atom stereocenters. The third-order valence-corrected chi connectivity index (χ3v) is 6.66. The van der Waals surface area contributed by atoms with Gasteiger partial charge in [-0.2, -0.15) is 13.2 Å². The van der Waals surface area contributed by atoms with Gasteiger partial charge in [-0.25, -0.2) is 14.8 Å². The maximum atomic E-state index is 13.2. The van der Waals surface area contributed by atoms with Gasteiger partial charge in [-0.05, 0) is 48.7 Å². The number of hydrogen-bond donors (Lipinski definition) is 3. The first-order chi connectivity index (χ1) is 15.6. The Bertz CT molecular complexity index is 1110. The van der Waals surface area contributed by atoms with E-state index in [0.717, 1.165) is 25.1 Å². The molecule has 8 nitrogen and oxygen atoms in total. The van der Waals surface area contributed by atoms with Crippen molar-refractivity contribution in [2.45, 2.75) is 50.7 Å². The number of nitrogens with zero attached hydrogens (tertiary/aromatic N) is 4. The highest BCUT2D eigenvalue weighted by atomic mass is 35.5. The number of nitrogens with two attached hydrogens (primary N) is 1. The van der Waals surface area contributed by atoms with E-state index in [4.69, 9.17) is 17.3 Å². The second-order valence-electron chi connectivity index (χ2n) is 8.80. The molecule has 2 amide bonds. The molecule has 3 aliphatic rings. The Hall–Kier alpha value is -2.79. The van der Waals surface area contributed by atoms with Crippen molar-refractivity contribution in [1.82, 2.24) is 25.1 Å².